The number of ether oxygens (including phenoxy) is 4. The summed E-state index contributed by atoms with van der Waals surface area (Å²) in [7, 11) is 7.92. The number of alkyl halides is 2. The summed E-state index contributed by atoms with van der Waals surface area (Å²) in [6, 6.07) is 3.77. The van der Waals surface area contributed by atoms with Crippen LogP contribution in [0.2, 0.25) is 0 Å². The number of carbonyl (C=O) groups is 2. The smallest absolute Gasteiger partial charge is 0.383 e. The molecule has 2 N–H and O–H groups in total. The average molecular weight is 479 g/mol. The predicted octanol–water partition coefficient (Wildman–Crippen LogP) is 3.47. The second kappa shape index (κ2) is 11.3. The molecule has 0 saturated carbocycles. The van der Waals surface area contributed by atoms with Crippen LogP contribution in [0.4, 0.5) is 20.2 Å². The number of methoxy groups -OCH3 is 4. The number of hydrogen-bond acceptors (Lipinski definition) is 7. The molecule has 11 heteroatoms. The van der Waals surface area contributed by atoms with Crippen LogP contribution in [0.3, 0.4) is 0 Å². The molecule has 9 nitrogen and oxygen atoms in total. The van der Waals surface area contributed by atoms with Gasteiger partial charge in [0.1, 0.15) is 23.0 Å². The second-order valence-corrected chi connectivity index (χ2v) is 7.07. The van der Waals surface area contributed by atoms with Gasteiger partial charge in [-0.05, 0) is 38.4 Å². The van der Waals surface area contributed by atoms with E-state index >= 15 is 0 Å². The Kier molecular flexibility index (Phi) is 8.79. The van der Waals surface area contributed by atoms with E-state index in [1.807, 2.05) is 0 Å². The van der Waals surface area contributed by atoms with E-state index in [4.69, 9.17) is 18.9 Å². The first kappa shape index (κ1) is 26.4. The maximum atomic E-state index is 14.0. The van der Waals surface area contributed by atoms with E-state index in [2.05, 4.69) is 10.6 Å². The van der Waals surface area contributed by atoms with Gasteiger partial charge in [-0.25, -0.2) is 4.90 Å². The van der Waals surface area contributed by atoms with Gasteiger partial charge in [-0.15, -0.1) is 0 Å². The number of carbonyl (C=O) groups excluding carboxylic acids is 2. The van der Waals surface area contributed by atoms with Gasteiger partial charge in [0.15, 0.2) is 0 Å². The van der Waals surface area contributed by atoms with Crippen molar-refractivity contribution in [3.05, 3.63) is 42.0 Å². The lowest BCUT2D eigenvalue weighted by atomic mass is 10.1. The molecule has 0 atom stereocenters. The molecule has 2 aromatic rings. The van der Waals surface area contributed by atoms with Crippen LogP contribution in [-0.2, 0) is 9.59 Å². The van der Waals surface area contributed by atoms with Crippen LogP contribution in [0.15, 0.2) is 36.4 Å². The summed E-state index contributed by atoms with van der Waals surface area (Å²) < 4.78 is 48.9. The first-order valence-corrected chi connectivity index (χ1v) is 9.91. The maximum absolute atomic E-state index is 14.0. The van der Waals surface area contributed by atoms with Crippen LogP contribution in [0.1, 0.15) is 5.56 Å². The molecule has 184 valence electrons. The minimum absolute atomic E-state index is 0.0331. The van der Waals surface area contributed by atoms with Crippen molar-refractivity contribution in [2.24, 2.45) is 0 Å². The molecule has 0 aliphatic rings. The highest BCUT2D eigenvalue weighted by molar-refractivity contribution is 6.03. The molecule has 0 saturated heterocycles. The van der Waals surface area contributed by atoms with Gasteiger partial charge in [-0.1, -0.05) is 0 Å². The van der Waals surface area contributed by atoms with Crippen LogP contribution in [0, 0.1) is 0 Å². The molecule has 0 spiro atoms. The highest BCUT2D eigenvalue weighted by Gasteiger charge is 2.41. The maximum Gasteiger partial charge on any atom is 0.383 e. The summed E-state index contributed by atoms with van der Waals surface area (Å²) in [5, 5.41) is 4.72. The summed E-state index contributed by atoms with van der Waals surface area (Å²) in [5.41, 5.74) is 0.719. The molecule has 0 unspecified atom stereocenters. The largest absolute Gasteiger partial charge is 0.496 e. The summed E-state index contributed by atoms with van der Waals surface area (Å²) >= 11 is 0. The van der Waals surface area contributed by atoms with Crippen LogP contribution in [0.5, 0.6) is 23.0 Å². The Morgan fingerprint density at radius 1 is 0.882 bits per heavy atom. The minimum atomic E-state index is -3.75. The Morgan fingerprint density at radius 2 is 1.47 bits per heavy atom. The zero-order chi connectivity index (χ0) is 25.5. The molecule has 0 radical (unpaired) electrons. The van der Waals surface area contributed by atoms with E-state index in [1.165, 1.54) is 58.8 Å². The van der Waals surface area contributed by atoms with Gasteiger partial charge in [0.05, 0.1) is 39.7 Å². The van der Waals surface area contributed by atoms with Crippen LogP contribution >= 0.6 is 0 Å². The van der Waals surface area contributed by atoms with Crippen molar-refractivity contribution in [2.75, 3.05) is 53.2 Å². The number of rotatable bonds is 10. The van der Waals surface area contributed by atoms with E-state index in [1.54, 1.807) is 12.1 Å². The molecular formula is C23H27F2N3O6. The van der Waals surface area contributed by atoms with E-state index in [0.717, 1.165) is 14.1 Å². The first-order valence-electron chi connectivity index (χ1n) is 9.91. The number of benzene rings is 2. The van der Waals surface area contributed by atoms with Gasteiger partial charge in [-0.2, -0.15) is 8.78 Å². The predicted molar refractivity (Wildman–Crippen MR) is 124 cm³/mol. The molecule has 2 rings (SSSR count). The van der Waals surface area contributed by atoms with Crippen molar-refractivity contribution in [2.45, 2.75) is 6.05 Å². The van der Waals surface area contributed by atoms with Gasteiger partial charge in [-0.3, -0.25) is 9.59 Å². The topological polar surface area (TPSA) is 98.4 Å². The normalized spacial score (nSPS) is 11.3. The Bertz CT molecular complexity index is 1050. The zero-order valence-corrected chi connectivity index (χ0v) is 19.7. The molecule has 0 aliphatic carbocycles. The fourth-order valence-electron chi connectivity index (χ4n) is 2.82. The summed E-state index contributed by atoms with van der Waals surface area (Å²) in [4.78, 5) is 25.0. The summed E-state index contributed by atoms with van der Waals surface area (Å²) in [6.07, 6.45) is 2.74. The highest BCUT2D eigenvalue weighted by Crippen LogP contribution is 2.35. The second-order valence-electron chi connectivity index (χ2n) is 7.07. The Hall–Kier alpha value is -3.86. The number of hydrogen-bond donors (Lipinski definition) is 2. The number of nitrogens with one attached hydrogen (secondary N) is 2. The molecule has 0 heterocycles. The lowest BCUT2D eigenvalue weighted by Crippen LogP contribution is -2.46. The Labute approximate surface area is 196 Å². The van der Waals surface area contributed by atoms with Crippen molar-refractivity contribution in [1.29, 1.82) is 0 Å². The SMILES string of the molecule is COc1cc(OC)c(/C=C/C(=O)Nc2ccc(OC)c(NC(=O)C(F)(F)N(C)C)c2)c(OC)c1. The molecule has 2 aromatic carbocycles. The Balaban J connectivity index is 2.25. The third kappa shape index (κ3) is 6.13. The highest BCUT2D eigenvalue weighted by atomic mass is 19.3. The molecule has 2 amide bonds. The monoisotopic (exact) mass is 479 g/mol. The van der Waals surface area contributed by atoms with E-state index < -0.39 is 17.9 Å². The third-order valence-corrected chi connectivity index (χ3v) is 4.70. The standard InChI is InChI=1S/C23H27F2N3O6/c1-28(2)23(24,25)22(30)27-17-11-14(7-9-18(17)32-4)26-21(29)10-8-16-19(33-5)12-15(31-3)13-20(16)34-6/h7-13H,1-6H3,(H,26,29)(H,27,30)/b10-8+. The van der Waals surface area contributed by atoms with E-state index in [-0.39, 0.29) is 17.1 Å². The average Bonchev–Trinajstić information content (AvgIpc) is 2.82. The number of likely N-dealkylation sites (N-methyl/N-ethyl adjacent to an activating group) is 1. The van der Waals surface area contributed by atoms with Crippen molar-refractivity contribution >= 4 is 29.3 Å². The lowest BCUT2D eigenvalue weighted by molar-refractivity contribution is -0.164. The van der Waals surface area contributed by atoms with Crippen LogP contribution in [0.25, 0.3) is 6.08 Å². The van der Waals surface area contributed by atoms with Crippen molar-refractivity contribution in [3.8, 4) is 23.0 Å². The van der Waals surface area contributed by atoms with Gasteiger partial charge in [0.2, 0.25) is 5.91 Å². The van der Waals surface area contributed by atoms with Crippen LogP contribution in [-0.4, -0.2) is 65.3 Å². The summed E-state index contributed by atoms with van der Waals surface area (Å²) in [6.45, 7) is 0. The lowest BCUT2D eigenvalue weighted by Gasteiger charge is -2.23. The van der Waals surface area contributed by atoms with Crippen molar-refractivity contribution in [1.82, 2.24) is 4.90 Å². The van der Waals surface area contributed by atoms with Gasteiger partial charge >= 0.3 is 12.0 Å². The fraction of sp³-hybridized carbons (Fsp3) is 0.304. The number of halogens is 2. The number of anilines is 2. The quantitative estimate of drug-likeness (QED) is 0.398. The minimum Gasteiger partial charge on any atom is -0.496 e. The zero-order valence-electron chi connectivity index (χ0n) is 19.7. The van der Waals surface area contributed by atoms with Crippen LogP contribution < -0.4 is 29.6 Å². The fourth-order valence-corrected chi connectivity index (χ4v) is 2.82. The van der Waals surface area contributed by atoms with Gasteiger partial charge in [0, 0.05) is 23.9 Å². The molecule has 0 fully saturated rings. The molecule has 34 heavy (non-hydrogen) atoms. The van der Waals surface area contributed by atoms with Crippen molar-refractivity contribution < 1.29 is 37.3 Å². The van der Waals surface area contributed by atoms with Gasteiger partial charge in [0.25, 0.3) is 0 Å². The first-order chi connectivity index (χ1) is 16.1. The third-order valence-electron chi connectivity index (χ3n) is 4.70. The summed E-state index contributed by atoms with van der Waals surface area (Å²) in [5.74, 6) is -0.556. The van der Waals surface area contributed by atoms with Crippen molar-refractivity contribution in [3.63, 3.8) is 0 Å². The number of nitrogens with zero attached hydrogens (tertiary/aromatic N) is 1. The molecular weight excluding hydrogens is 452 g/mol. The number of amides is 2. The van der Waals surface area contributed by atoms with Gasteiger partial charge < -0.3 is 29.6 Å². The molecule has 0 aliphatic heterocycles. The molecule has 0 bridgehead atoms. The van der Waals surface area contributed by atoms with E-state index in [0.29, 0.717) is 27.7 Å². The Morgan fingerprint density at radius 3 is 1.97 bits per heavy atom. The molecule has 0 aromatic heterocycles. The van der Waals surface area contributed by atoms with E-state index in [9.17, 15) is 18.4 Å².